The van der Waals surface area contributed by atoms with Crippen molar-refractivity contribution < 1.29 is 28.6 Å². The van der Waals surface area contributed by atoms with Crippen molar-refractivity contribution in [3.8, 4) is 0 Å². The van der Waals surface area contributed by atoms with Crippen LogP contribution in [-0.4, -0.2) is 41.5 Å². The van der Waals surface area contributed by atoms with Gasteiger partial charge in [0.2, 0.25) is 0 Å². The fourth-order valence-corrected chi connectivity index (χ4v) is 1.72. The van der Waals surface area contributed by atoms with Crippen LogP contribution in [0, 0.1) is 0 Å². The molecule has 0 rings (SSSR count). The quantitative estimate of drug-likeness (QED) is 0.273. The van der Waals surface area contributed by atoms with Crippen LogP contribution >= 0.6 is 12.4 Å². The molecule has 130 valence electrons. The first-order valence-electron chi connectivity index (χ1n) is 6.53. The molecule has 0 saturated carbocycles. The summed E-state index contributed by atoms with van der Waals surface area (Å²) < 4.78 is 15.2. The van der Waals surface area contributed by atoms with E-state index >= 15 is 0 Å². The summed E-state index contributed by atoms with van der Waals surface area (Å²) in [4.78, 5) is 35.3. The van der Waals surface area contributed by atoms with Gasteiger partial charge >= 0.3 is 17.9 Å². The number of halogens is 1. The van der Waals surface area contributed by atoms with Crippen molar-refractivity contribution in [2.75, 3.05) is 0 Å². The summed E-state index contributed by atoms with van der Waals surface area (Å²) in [5, 5.41) is 0. The summed E-state index contributed by atoms with van der Waals surface area (Å²) in [6, 6.07) is 0. The molecule has 3 unspecified atom stereocenters. The monoisotopic (exact) mass is 347 g/mol. The molecule has 0 radical (unpaired) electrons. The van der Waals surface area contributed by atoms with Crippen molar-refractivity contribution in [1.29, 1.82) is 0 Å². The highest BCUT2D eigenvalue weighted by atomic mass is 35.5. The van der Waals surface area contributed by atoms with Gasteiger partial charge in [0, 0.05) is 18.2 Å². The minimum absolute atomic E-state index is 0. The highest BCUT2D eigenvalue weighted by molar-refractivity contribution is 5.85. The third-order valence-corrected chi connectivity index (χ3v) is 2.62. The smallest absolute Gasteiger partial charge is 0.331 e. The third kappa shape index (κ3) is 8.18. The predicted molar refractivity (Wildman–Crippen MR) is 86.3 cm³/mol. The second kappa shape index (κ2) is 11.4. The van der Waals surface area contributed by atoms with E-state index in [1.54, 1.807) is 0 Å². The van der Waals surface area contributed by atoms with Crippen LogP contribution in [-0.2, 0) is 28.6 Å². The van der Waals surface area contributed by atoms with E-state index < -0.39 is 36.6 Å². The van der Waals surface area contributed by atoms with E-state index in [1.165, 1.54) is 25.7 Å². The van der Waals surface area contributed by atoms with Crippen LogP contribution in [0.5, 0.6) is 0 Å². The topological polar surface area (TPSA) is 82.1 Å². The summed E-state index contributed by atoms with van der Waals surface area (Å²) in [7, 11) is 0. The summed E-state index contributed by atoms with van der Waals surface area (Å²) in [5.74, 6) is -1.99. The standard InChI is InChI=1S/C15H21NO6.ClH/c1-7-13(17)20-10(4)16(11(5)21-14(18)8-2)12(6)22-15(19)9-3;/h7-12H,1-3H2,4-6H3;1H. The fraction of sp³-hybridized carbons (Fsp3) is 0.400. The van der Waals surface area contributed by atoms with Gasteiger partial charge in [0.25, 0.3) is 0 Å². The lowest BCUT2D eigenvalue weighted by molar-refractivity contribution is -0.207. The first-order chi connectivity index (χ1) is 10.3. The molecule has 0 fully saturated rings. The summed E-state index contributed by atoms with van der Waals surface area (Å²) >= 11 is 0. The largest absolute Gasteiger partial charge is 0.443 e. The zero-order valence-corrected chi connectivity index (χ0v) is 14.2. The van der Waals surface area contributed by atoms with Gasteiger partial charge in [-0.15, -0.1) is 12.4 Å². The van der Waals surface area contributed by atoms with Gasteiger partial charge in [-0.2, -0.15) is 4.90 Å². The van der Waals surface area contributed by atoms with Crippen molar-refractivity contribution in [3.63, 3.8) is 0 Å². The zero-order chi connectivity index (χ0) is 17.3. The number of esters is 3. The van der Waals surface area contributed by atoms with Crippen LogP contribution in [0.15, 0.2) is 38.0 Å². The molecule has 0 aliphatic rings. The van der Waals surface area contributed by atoms with Crippen LogP contribution < -0.4 is 0 Å². The average Bonchev–Trinajstić information content (AvgIpc) is 2.46. The van der Waals surface area contributed by atoms with Gasteiger partial charge in [-0.25, -0.2) is 14.4 Å². The van der Waals surface area contributed by atoms with E-state index in [9.17, 15) is 14.4 Å². The van der Waals surface area contributed by atoms with Crippen LogP contribution in [0.1, 0.15) is 20.8 Å². The molecule has 0 aromatic carbocycles. The Morgan fingerprint density at radius 1 is 0.739 bits per heavy atom. The Morgan fingerprint density at radius 3 is 1.13 bits per heavy atom. The second-order valence-electron chi connectivity index (χ2n) is 4.17. The van der Waals surface area contributed by atoms with Crippen molar-refractivity contribution >= 4 is 30.3 Å². The first-order valence-corrected chi connectivity index (χ1v) is 6.53. The maximum Gasteiger partial charge on any atom is 0.331 e. The van der Waals surface area contributed by atoms with E-state index in [0.29, 0.717) is 0 Å². The SMILES string of the molecule is C=CC(=O)OC(C)N(C(C)OC(=O)C=C)C(C)OC(=O)C=C.Cl. The predicted octanol–water partition coefficient (Wildman–Crippen LogP) is 1.94. The molecule has 3 atom stereocenters. The molecule has 0 aliphatic heterocycles. The molecule has 0 aromatic heterocycles. The summed E-state index contributed by atoms with van der Waals surface area (Å²) in [6.45, 7) is 14.5. The van der Waals surface area contributed by atoms with Crippen LogP contribution in [0.2, 0.25) is 0 Å². The number of ether oxygens (including phenoxy) is 3. The second-order valence-corrected chi connectivity index (χ2v) is 4.17. The molecule has 23 heavy (non-hydrogen) atoms. The molecule has 0 saturated heterocycles. The van der Waals surface area contributed by atoms with E-state index in [1.807, 2.05) is 0 Å². The van der Waals surface area contributed by atoms with Crippen molar-refractivity contribution in [1.82, 2.24) is 4.90 Å². The lowest BCUT2D eigenvalue weighted by atomic mass is 10.4. The maximum atomic E-state index is 11.3. The number of carbonyl (C=O) groups is 3. The molecule has 7 nitrogen and oxygen atoms in total. The molecule has 0 aliphatic carbocycles. The molecule has 0 spiro atoms. The van der Waals surface area contributed by atoms with Gasteiger partial charge in [-0.3, -0.25) is 0 Å². The molecule has 0 N–H and O–H groups in total. The average molecular weight is 348 g/mol. The Labute approximate surface area is 142 Å². The van der Waals surface area contributed by atoms with Crippen LogP contribution in [0.3, 0.4) is 0 Å². The summed E-state index contributed by atoms with van der Waals surface area (Å²) in [5.41, 5.74) is 0. The highest BCUT2D eigenvalue weighted by Gasteiger charge is 2.31. The van der Waals surface area contributed by atoms with Gasteiger partial charge in [0.1, 0.15) is 0 Å². The first kappa shape index (κ1) is 23.2. The lowest BCUT2D eigenvalue weighted by Gasteiger charge is -2.36. The number of rotatable bonds is 9. The van der Waals surface area contributed by atoms with E-state index in [0.717, 1.165) is 18.2 Å². The zero-order valence-electron chi connectivity index (χ0n) is 13.4. The highest BCUT2D eigenvalue weighted by Crippen LogP contribution is 2.15. The number of hydrogen-bond donors (Lipinski definition) is 0. The van der Waals surface area contributed by atoms with E-state index in [2.05, 4.69) is 19.7 Å². The van der Waals surface area contributed by atoms with Crippen LogP contribution in [0.25, 0.3) is 0 Å². The molecule has 0 heterocycles. The minimum atomic E-state index is -0.842. The molecular weight excluding hydrogens is 326 g/mol. The molecule has 8 heteroatoms. The molecule has 0 bridgehead atoms. The molecular formula is C15H22ClNO6. The van der Waals surface area contributed by atoms with Gasteiger partial charge < -0.3 is 14.2 Å². The van der Waals surface area contributed by atoms with Gasteiger partial charge in [0.05, 0.1) is 0 Å². The fourth-order valence-electron chi connectivity index (χ4n) is 1.72. The Bertz CT molecular complexity index is 398. The minimum Gasteiger partial charge on any atom is -0.443 e. The summed E-state index contributed by atoms with van der Waals surface area (Å²) in [6.07, 6.45) is 0.461. The Balaban J connectivity index is 0. The van der Waals surface area contributed by atoms with Crippen LogP contribution in [0.4, 0.5) is 0 Å². The van der Waals surface area contributed by atoms with Gasteiger partial charge in [-0.1, -0.05) is 19.7 Å². The van der Waals surface area contributed by atoms with Gasteiger partial charge in [-0.05, 0) is 20.8 Å². The number of carbonyl (C=O) groups excluding carboxylic acids is 3. The van der Waals surface area contributed by atoms with Crippen molar-refractivity contribution in [2.24, 2.45) is 0 Å². The maximum absolute atomic E-state index is 11.3. The Kier molecular flexibility index (Phi) is 11.5. The van der Waals surface area contributed by atoms with E-state index in [4.69, 9.17) is 14.2 Å². The third-order valence-electron chi connectivity index (χ3n) is 2.62. The number of hydrogen-bond acceptors (Lipinski definition) is 7. The van der Waals surface area contributed by atoms with Gasteiger partial charge in [0.15, 0.2) is 18.7 Å². The Hall–Kier alpha value is -2.12. The molecule has 0 aromatic rings. The number of nitrogens with zero attached hydrogens (tertiary/aromatic N) is 1. The normalized spacial score (nSPS) is 13.6. The Morgan fingerprint density at radius 2 is 0.957 bits per heavy atom. The van der Waals surface area contributed by atoms with Crippen molar-refractivity contribution in [2.45, 2.75) is 39.5 Å². The van der Waals surface area contributed by atoms with E-state index in [-0.39, 0.29) is 12.4 Å². The lowest BCUT2D eigenvalue weighted by Crippen LogP contribution is -2.50. The van der Waals surface area contributed by atoms with Crippen molar-refractivity contribution in [3.05, 3.63) is 38.0 Å². The molecule has 0 amide bonds.